The maximum absolute atomic E-state index is 12.3. The van der Waals surface area contributed by atoms with Gasteiger partial charge in [-0.1, -0.05) is 19.0 Å². The van der Waals surface area contributed by atoms with Gasteiger partial charge in [-0.05, 0) is 6.07 Å². The van der Waals surface area contributed by atoms with Crippen molar-refractivity contribution in [3.8, 4) is 0 Å². The fourth-order valence-corrected chi connectivity index (χ4v) is 2.23. The lowest BCUT2D eigenvalue weighted by Crippen LogP contribution is -2.49. The highest BCUT2D eigenvalue weighted by molar-refractivity contribution is 5.92. The second-order valence-electron chi connectivity index (χ2n) is 5.73. The summed E-state index contributed by atoms with van der Waals surface area (Å²) in [5, 5.41) is 7.89. The zero-order chi connectivity index (χ0) is 15.9. The van der Waals surface area contributed by atoms with E-state index in [9.17, 15) is 9.59 Å². The van der Waals surface area contributed by atoms with Crippen molar-refractivity contribution in [2.75, 3.05) is 13.1 Å². The molecule has 3 heterocycles. The summed E-state index contributed by atoms with van der Waals surface area (Å²) in [6, 6.07) is 2.78. The summed E-state index contributed by atoms with van der Waals surface area (Å²) < 4.78 is 6.39. The number of aryl methyl sites for hydroxylation is 1. The molecule has 0 saturated carbocycles. The van der Waals surface area contributed by atoms with Gasteiger partial charge >= 0.3 is 0 Å². The molecule has 1 saturated heterocycles. The predicted octanol–water partition coefficient (Wildman–Crippen LogP) is 0.526. The lowest BCUT2D eigenvalue weighted by atomic mass is 9.99. The van der Waals surface area contributed by atoms with Gasteiger partial charge in [-0.15, -0.1) is 0 Å². The van der Waals surface area contributed by atoms with Crippen LogP contribution in [0.2, 0.25) is 0 Å². The first kappa shape index (κ1) is 14.4. The van der Waals surface area contributed by atoms with Crippen LogP contribution < -0.4 is 5.56 Å². The lowest BCUT2D eigenvalue weighted by molar-refractivity contribution is 0.0560. The molecule has 3 rings (SSSR count). The maximum Gasteiger partial charge on any atom is 0.274 e. The molecule has 0 spiro atoms. The van der Waals surface area contributed by atoms with Gasteiger partial charge in [0, 0.05) is 32.1 Å². The van der Waals surface area contributed by atoms with Gasteiger partial charge < -0.3 is 9.42 Å². The van der Waals surface area contributed by atoms with Crippen molar-refractivity contribution in [1.29, 1.82) is 0 Å². The molecule has 2 aromatic rings. The molecule has 22 heavy (non-hydrogen) atoms. The first-order valence-corrected chi connectivity index (χ1v) is 7.13. The molecule has 0 unspecified atom stereocenters. The van der Waals surface area contributed by atoms with E-state index in [0.717, 1.165) is 4.68 Å². The highest BCUT2D eigenvalue weighted by Gasteiger charge is 2.36. The van der Waals surface area contributed by atoms with Crippen LogP contribution in [0.4, 0.5) is 0 Å². The van der Waals surface area contributed by atoms with E-state index >= 15 is 0 Å². The zero-order valence-electron chi connectivity index (χ0n) is 12.7. The molecular formula is C14H17N5O3. The second kappa shape index (κ2) is 5.36. The number of amides is 1. The molecule has 2 aromatic heterocycles. The van der Waals surface area contributed by atoms with Gasteiger partial charge in [-0.25, -0.2) is 4.68 Å². The van der Waals surface area contributed by atoms with E-state index in [1.165, 1.54) is 19.2 Å². The van der Waals surface area contributed by atoms with Crippen molar-refractivity contribution in [2.24, 2.45) is 7.05 Å². The number of aromatic nitrogens is 4. The van der Waals surface area contributed by atoms with Crippen LogP contribution in [0.25, 0.3) is 0 Å². The minimum Gasteiger partial charge on any atom is -0.339 e. The minimum atomic E-state index is -0.245. The molecule has 8 heteroatoms. The molecule has 1 fully saturated rings. The van der Waals surface area contributed by atoms with Crippen molar-refractivity contribution < 1.29 is 9.32 Å². The fourth-order valence-electron chi connectivity index (χ4n) is 2.23. The smallest absolute Gasteiger partial charge is 0.274 e. The number of likely N-dealkylation sites (tertiary alicyclic amines) is 1. The Morgan fingerprint density at radius 1 is 1.36 bits per heavy atom. The number of hydrogen-bond donors (Lipinski definition) is 0. The van der Waals surface area contributed by atoms with E-state index in [0.29, 0.717) is 24.8 Å². The van der Waals surface area contributed by atoms with Gasteiger partial charge in [-0.3, -0.25) is 9.59 Å². The maximum atomic E-state index is 12.3. The number of rotatable bonds is 3. The molecule has 1 aliphatic rings. The quantitative estimate of drug-likeness (QED) is 0.821. The van der Waals surface area contributed by atoms with E-state index in [1.54, 1.807) is 4.90 Å². The molecule has 0 aromatic carbocycles. The fraction of sp³-hybridized carbons (Fsp3) is 0.500. The minimum absolute atomic E-state index is 0.0662. The van der Waals surface area contributed by atoms with Crippen molar-refractivity contribution in [3.63, 3.8) is 0 Å². The SMILES string of the molecule is CC(C)c1noc(C2CN(C(=O)c3ccc(=O)n(C)n3)C2)n1. The summed E-state index contributed by atoms with van der Waals surface area (Å²) in [7, 11) is 1.52. The predicted molar refractivity (Wildman–Crippen MR) is 76.5 cm³/mol. The van der Waals surface area contributed by atoms with Gasteiger partial charge in [0.05, 0.1) is 5.92 Å². The molecule has 1 aliphatic heterocycles. The average molecular weight is 303 g/mol. The average Bonchev–Trinajstić information content (AvgIpc) is 2.89. The second-order valence-corrected chi connectivity index (χ2v) is 5.73. The topological polar surface area (TPSA) is 94.1 Å². The highest BCUT2D eigenvalue weighted by Crippen LogP contribution is 2.27. The standard InChI is InChI=1S/C14H17N5O3/c1-8(2)12-15-13(22-17-12)9-6-19(7-9)14(21)10-4-5-11(20)18(3)16-10/h4-5,8-9H,6-7H2,1-3H3. The van der Waals surface area contributed by atoms with Crippen LogP contribution in [0.3, 0.4) is 0 Å². The van der Waals surface area contributed by atoms with E-state index in [-0.39, 0.29) is 29.0 Å². The molecule has 8 nitrogen and oxygen atoms in total. The van der Waals surface area contributed by atoms with Crippen LogP contribution >= 0.6 is 0 Å². The Morgan fingerprint density at radius 2 is 2.09 bits per heavy atom. The van der Waals surface area contributed by atoms with Crippen molar-refractivity contribution in [2.45, 2.75) is 25.7 Å². The van der Waals surface area contributed by atoms with Gasteiger partial charge in [0.15, 0.2) is 5.82 Å². The van der Waals surface area contributed by atoms with Crippen molar-refractivity contribution in [1.82, 2.24) is 24.8 Å². The van der Waals surface area contributed by atoms with E-state index in [1.807, 2.05) is 13.8 Å². The van der Waals surface area contributed by atoms with Crippen LogP contribution in [0.1, 0.15) is 47.9 Å². The Kier molecular flexibility index (Phi) is 3.51. The van der Waals surface area contributed by atoms with Crippen LogP contribution in [-0.4, -0.2) is 43.8 Å². The Balaban J connectivity index is 1.66. The number of hydrogen-bond acceptors (Lipinski definition) is 6. The van der Waals surface area contributed by atoms with Crippen LogP contribution in [0, 0.1) is 0 Å². The number of nitrogens with zero attached hydrogens (tertiary/aromatic N) is 5. The van der Waals surface area contributed by atoms with E-state index in [4.69, 9.17) is 4.52 Å². The van der Waals surface area contributed by atoms with Crippen molar-refractivity contribution >= 4 is 5.91 Å². The summed E-state index contributed by atoms with van der Waals surface area (Å²) in [5.41, 5.74) is 0.0130. The lowest BCUT2D eigenvalue weighted by Gasteiger charge is -2.36. The largest absolute Gasteiger partial charge is 0.339 e. The zero-order valence-corrected chi connectivity index (χ0v) is 12.7. The van der Waals surface area contributed by atoms with Gasteiger partial charge in [0.1, 0.15) is 5.69 Å². The Labute approximate surface area is 126 Å². The van der Waals surface area contributed by atoms with Crippen LogP contribution in [0.5, 0.6) is 0 Å². The van der Waals surface area contributed by atoms with E-state index in [2.05, 4.69) is 15.2 Å². The van der Waals surface area contributed by atoms with Crippen LogP contribution in [-0.2, 0) is 7.05 Å². The third-order valence-corrected chi connectivity index (χ3v) is 3.67. The summed E-state index contributed by atoms with van der Waals surface area (Å²) in [6.45, 7) is 5.03. The molecule has 0 N–H and O–H groups in total. The molecule has 0 radical (unpaired) electrons. The summed E-state index contributed by atoms with van der Waals surface area (Å²) in [5.74, 6) is 1.33. The first-order chi connectivity index (χ1) is 10.5. The molecule has 116 valence electrons. The molecule has 0 atom stereocenters. The first-order valence-electron chi connectivity index (χ1n) is 7.13. The summed E-state index contributed by atoms with van der Waals surface area (Å²) >= 11 is 0. The Bertz CT molecular complexity index is 758. The third kappa shape index (κ3) is 2.51. The Morgan fingerprint density at radius 3 is 2.68 bits per heavy atom. The third-order valence-electron chi connectivity index (χ3n) is 3.67. The molecule has 0 bridgehead atoms. The molecular weight excluding hydrogens is 286 g/mol. The Hall–Kier alpha value is -2.51. The van der Waals surface area contributed by atoms with Crippen molar-refractivity contribution in [3.05, 3.63) is 39.9 Å². The van der Waals surface area contributed by atoms with Gasteiger partial charge in [-0.2, -0.15) is 10.1 Å². The van der Waals surface area contributed by atoms with Crippen LogP contribution in [0.15, 0.2) is 21.5 Å². The summed E-state index contributed by atoms with van der Waals surface area (Å²) in [6.07, 6.45) is 0. The highest BCUT2D eigenvalue weighted by atomic mass is 16.5. The molecule has 1 amide bonds. The monoisotopic (exact) mass is 303 g/mol. The number of carbonyl (C=O) groups is 1. The molecule has 0 aliphatic carbocycles. The number of carbonyl (C=O) groups excluding carboxylic acids is 1. The normalized spacial score (nSPS) is 15.2. The van der Waals surface area contributed by atoms with Gasteiger partial charge in [0.2, 0.25) is 5.89 Å². The van der Waals surface area contributed by atoms with Gasteiger partial charge in [0.25, 0.3) is 11.5 Å². The van der Waals surface area contributed by atoms with E-state index < -0.39 is 0 Å². The summed E-state index contributed by atoms with van der Waals surface area (Å²) in [4.78, 5) is 29.5.